The molecule has 3 rings (SSSR count). The number of aryl methyl sites for hydroxylation is 1. The van der Waals surface area contributed by atoms with Crippen molar-refractivity contribution in [3.63, 3.8) is 0 Å². The van der Waals surface area contributed by atoms with Crippen LogP contribution in [0.3, 0.4) is 0 Å². The van der Waals surface area contributed by atoms with Gasteiger partial charge in [-0.05, 0) is 54.6 Å². The van der Waals surface area contributed by atoms with Crippen LogP contribution < -0.4 is 10.1 Å². The van der Waals surface area contributed by atoms with E-state index in [1.54, 1.807) is 18.4 Å². The predicted octanol–water partition coefficient (Wildman–Crippen LogP) is 3.82. The zero-order valence-electron chi connectivity index (χ0n) is 16.6. The van der Waals surface area contributed by atoms with Gasteiger partial charge in [0, 0.05) is 36.7 Å². The SMILES string of the molecule is COc1ccc(NC(=O)N(CCCN2CCOCC2)Cc2sccc2C)cc1. The van der Waals surface area contributed by atoms with Crippen molar-refractivity contribution in [2.75, 3.05) is 51.8 Å². The molecule has 0 atom stereocenters. The molecule has 0 unspecified atom stereocenters. The highest BCUT2D eigenvalue weighted by atomic mass is 32.1. The summed E-state index contributed by atoms with van der Waals surface area (Å²) in [6, 6.07) is 9.45. The zero-order valence-corrected chi connectivity index (χ0v) is 17.5. The molecule has 152 valence electrons. The molecule has 2 amide bonds. The minimum absolute atomic E-state index is 0.0695. The van der Waals surface area contributed by atoms with Crippen LogP contribution in [0.15, 0.2) is 35.7 Å². The first-order valence-corrected chi connectivity index (χ1v) is 10.6. The lowest BCUT2D eigenvalue weighted by Gasteiger charge is -2.28. The van der Waals surface area contributed by atoms with Crippen molar-refractivity contribution in [3.8, 4) is 5.75 Å². The minimum atomic E-state index is -0.0695. The molecule has 2 aromatic rings. The summed E-state index contributed by atoms with van der Waals surface area (Å²) in [6.07, 6.45) is 0.945. The third kappa shape index (κ3) is 5.95. The minimum Gasteiger partial charge on any atom is -0.497 e. The van der Waals surface area contributed by atoms with Crippen LogP contribution >= 0.6 is 11.3 Å². The number of thiophene rings is 1. The first-order chi connectivity index (χ1) is 13.7. The number of amides is 2. The van der Waals surface area contributed by atoms with Gasteiger partial charge in [0.2, 0.25) is 0 Å². The first kappa shape index (κ1) is 20.6. The average Bonchev–Trinajstić information content (AvgIpc) is 3.13. The van der Waals surface area contributed by atoms with Gasteiger partial charge in [0.05, 0.1) is 26.9 Å². The molecule has 1 N–H and O–H groups in total. The van der Waals surface area contributed by atoms with Crippen LogP contribution in [-0.2, 0) is 11.3 Å². The maximum atomic E-state index is 12.9. The summed E-state index contributed by atoms with van der Waals surface area (Å²) in [5.41, 5.74) is 2.01. The monoisotopic (exact) mass is 403 g/mol. The van der Waals surface area contributed by atoms with Crippen LogP contribution in [-0.4, -0.2) is 62.3 Å². The molecular formula is C21H29N3O3S. The largest absolute Gasteiger partial charge is 0.497 e. The fraction of sp³-hybridized carbons (Fsp3) is 0.476. The van der Waals surface area contributed by atoms with Crippen molar-refractivity contribution in [2.45, 2.75) is 19.9 Å². The van der Waals surface area contributed by atoms with E-state index in [1.807, 2.05) is 29.2 Å². The van der Waals surface area contributed by atoms with Gasteiger partial charge in [-0.1, -0.05) is 0 Å². The van der Waals surface area contributed by atoms with E-state index in [1.165, 1.54) is 10.4 Å². The molecule has 6 nitrogen and oxygen atoms in total. The fourth-order valence-corrected chi connectivity index (χ4v) is 4.10. The standard InChI is InChI=1S/C21H29N3O3S/c1-17-8-15-28-20(17)16-24(10-3-9-23-11-13-27-14-12-23)21(25)22-18-4-6-19(26-2)7-5-18/h4-8,15H,3,9-14,16H2,1-2H3,(H,22,25). The van der Waals surface area contributed by atoms with Crippen molar-refractivity contribution in [1.82, 2.24) is 9.80 Å². The molecule has 7 heteroatoms. The van der Waals surface area contributed by atoms with Crippen molar-refractivity contribution in [1.29, 1.82) is 0 Å². The van der Waals surface area contributed by atoms with E-state index in [2.05, 4.69) is 28.6 Å². The maximum absolute atomic E-state index is 12.9. The third-order valence-electron chi connectivity index (χ3n) is 4.94. The number of hydrogen-bond acceptors (Lipinski definition) is 5. The summed E-state index contributed by atoms with van der Waals surface area (Å²) in [5.74, 6) is 0.773. The Labute approximate surface area is 171 Å². The van der Waals surface area contributed by atoms with Crippen molar-refractivity contribution >= 4 is 23.1 Å². The second kappa shape index (κ2) is 10.5. The molecule has 0 saturated carbocycles. The Kier molecular flexibility index (Phi) is 7.71. The van der Waals surface area contributed by atoms with Gasteiger partial charge in [-0.2, -0.15) is 0 Å². The number of anilines is 1. The molecule has 0 bridgehead atoms. The number of methoxy groups -OCH3 is 1. The van der Waals surface area contributed by atoms with Crippen LogP contribution in [0.1, 0.15) is 16.9 Å². The topological polar surface area (TPSA) is 54.0 Å². The van der Waals surface area contributed by atoms with E-state index in [0.717, 1.165) is 57.3 Å². The Balaban J connectivity index is 1.60. The number of morpholine rings is 1. The first-order valence-electron chi connectivity index (χ1n) is 9.69. The van der Waals surface area contributed by atoms with E-state index < -0.39 is 0 Å². The Morgan fingerprint density at radius 1 is 1.25 bits per heavy atom. The van der Waals surface area contributed by atoms with E-state index >= 15 is 0 Å². The summed E-state index contributed by atoms with van der Waals surface area (Å²) in [7, 11) is 1.63. The zero-order chi connectivity index (χ0) is 19.8. The highest BCUT2D eigenvalue weighted by molar-refractivity contribution is 7.10. The number of benzene rings is 1. The number of ether oxygens (including phenoxy) is 2. The number of nitrogens with zero attached hydrogens (tertiary/aromatic N) is 2. The summed E-state index contributed by atoms with van der Waals surface area (Å²) in [5, 5.41) is 5.10. The summed E-state index contributed by atoms with van der Waals surface area (Å²) >= 11 is 1.70. The Hall–Kier alpha value is -2.09. The van der Waals surface area contributed by atoms with E-state index in [-0.39, 0.29) is 6.03 Å². The lowest BCUT2D eigenvalue weighted by Crippen LogP contribution is -2.40. The maximum Gasteiger partial charge on any atom is 0.322 e. The number of carbonyl (C=O) groups excluding carboxylic acids is 1. The molecule has 1 aromatic heterocycles. The fourth-order valence-electron chi connectivity index (χ4n) is 3.18. The number of carbonyl (C=O) groups is 1. The third-order valence-corrected chi connectivity index (χ3v) is 5.94. The highest BCUT2D eigenvalue weighted by Crippen LogP contribution is 2.20. The molecule has 1 aliphatic heterocycles. The van der Waals surface area contributed by atoms with Gasteiger partial charge >= 0.3 is 6.03 Å². The quantitative estimate of drug-likeness (QED) is 0.728. The second-order valence-electron chi connectivity index (χ2n) is 6.91. The molecule has 1 saturated heterocycles. The van der Waals surface area contributed by atoms with Gasteiger partial charge in [0.1, 0.15) is 5.75 Å². The second-order valence-corrected chi connectivity index (χ2v) is 7.92. The summed E-state index contributed by atoms with van der Waals surface area (Å²) < 4.78 is 10.6. The normalized spacial score (nSPS) is 14.6. The Bertz CT molecular complexity index is 742. The van der Waals surface area contributed by atoms with Crippen molar-refractivity contribution in [2.24, 2.45) is 0 Å². The van der Waals surface area contributed by atoms with Gasteiger partial charge in [0.15, 0.2) is 0 Å². The van der Waals surface area contributed by atoms with E-state index in [0.29, 0.717) is 6.54 Å². The summed E-state index contributed by atoms with van der Waals surface area (Å²) in [6.45, 7) is 7.99. The molecule has 0 radical (unpaired) electrons. The average molecular weight is 404 g/mol. The summed E-state index contributed by atoms with van der Waals surface area (Å²) in [4.78, 5) is 18.5. The highest BCUT2D eigenvalue weighted by Gasteiger charge is 2.17. The van der Waals surface area contributed by atoms with Gasteiger partial charge in [-0.3, -0.25) is 4.90 Å². The van der Waals surface area contributed by atoms with Crippen molar-refractivity contribution in [3.05, 3.63) is 46.2 Å². The number of urea groups is 1. The molecule has 1 aromatic carbocycles. The van der Waals surface area contributed by atoms with Gasteiger partial charge in [0.25, 0.3) is 0 Å². The van der Waals surface area contributed by atoms with Gasteiger partial charge in [-0.15, -0.1) is 11.3 Å². The predicted molar refractivity (Wildman–Crippen MR) is 113 cm³/mol. The molecule has 1 fully saturated rings. The molecular weight excluding hydrogens is 374 g/mol. The Morgan fingerprint density at radius 2 is 2.00 bits per heavy atom. The Morgan fingerprint density at radius 3 is 2.64 bits per heavy atom. The van der Waals surface area contributed by atoms with Crippen LogP contribution in [0.4, 0.5) is 10.5 Å². The smallest absolute Gasteiger partial charge is 0.322 e. The van der Waals surface area contributed by atoms with E-state index in [4.69, 9.17) is 9.47 Å². The van der Waals surface area contributed by atoms with Crippen LogP contribution in [0.5, 0.6) is 5.75 Å². The molecule has 1 aliphatic rings. The molecule has 0 aliphatic carbocycles. The molecule has 0 spiro atoms. The number of hydrogen-bond donors (Lipinski definition) is 1. The van der Waals surface area contributed by atoms with Crippen LogP contribution in [0, 0.1) is 6.92 Å². The lowest BCUT2D eigenvalue weighted by molar-refractivity contribution is 0.0365. The molecule has 2 heterocycles. The van der Waals surface area contributed by atoms with Crippen molar-refractivity contribution < 1.29 is 14.3 Å². The lowest BCUT2D eigenvalue weighted by atomic mass is 10.2. The molecule has 28 heavy (non-hydrogen) atoms. The number of nitrogens with one attached hydrogen (secondary N) is 1. The van der Waals surface area contributed by atoms with Gasteiger partial charge < -0.3 is 19.7 Å². The van der Waals surface area contributed by atoms with Crippen LogP contribution in [0.2, 0.25) is 0 Å². The van der Waals surface area contributed by atoms with Gasteiger partial charge in [-0.25, -0.2) is 4.79 Å². The van der Waals surface area contributed by atoms with Crippen LogP contribution in [0.25, 0.3) is 0 Å². The van der Waals surface area contributed by atoms with E-state index in [9.17, 15) is 4.79 Å². The number of rotatable bonds is 8.